The Balaban J connectivity index is 2.32. The fourth-order valence-electron chi connectivity index (χ4n) is 2.36. The zero-order valence-corrected chi connectivity index (χ0v) is 14.0. The van der Waals surface area contributed by atoms with Crippen molar-refractivity contribution >= 4 is 10.2 Å². The van der Waals surface area contributed by atoms with Gasteiger partial charge >= 0.3 is 0 Å². The first-order chi connectivity index (χ1) is 9.48. The van der Waals surface area contributed by atoms with Crippen LogP contribution >= 0.6 is 0 Å². The number of nitrogens with zero attached hydrogens (tertiary/aromatic N) is 3. The van der Waals surface area contributed by atoms with E-state index in [-0.39, 0.29) is 0 Å². The van der Waals surface area contributed by atoms with E-state index in [0.29, 0.717) is 13.1 Å². The Kier molecular flexibility index (Phi) is 7.98. The molecule has 6 nitrogen and oxygen atoms in total. The van der Waals surface area contributed by atoms with Gasteiger partial charge in [0.15, 0.2) is 0 Å². The van der Waals surface area contributed by atoms with Gasteiger partial charge in [-0.2, -0.15) is 17.0 Å². The fraction of sp³-hybridized carbons (Fsp3) is 1.00. The van der Waals surface area contributed by atoms with Gasteiger partial charge in [-0.05, 0) is 45.4 Å². The lowest BCUT2D eigenvalue weighted by Gasteiger charge is -2.26. The molecular formula is C13H30N4O2S. The summed E-state index contributed by atoms with van der Waals surface area (Å²) < 4.78 is 27.5. The lowest BCUT2D eigenvalue weighted by atomic mass is 10.4. The van der Waals surface area contributed by atoms with E-state index in [1.807, 2.05) is 6.92 Å². The van der Waals surface area contributed by atoms with Crippen LogP contribution in [0.1, 0.15) is 26.2 Å². The molecule has 7 heteroatoms. The second kappa shape index (κ2) is 8.94. The maximum atomic E-state index is 12.3. The monoisotopic (exact) mass is 306 g/mol. The summed E-state index contributed by atoms with van der Waals surface area (Å²) in [4.78, 5) is 2.33. The highest BCUT2D eigenvalue weighted by Crippen LogP contribution is 2.09. The van der Waals surface area contributed by atoms with Crippen molar-refractivity contribution < 1.29 is 8.42 Å². The Hall–Kier alpha value is -0.210. The molecule has 0 spiro atoms. The van der Waals surface area contributed by atoms with E-state index in [1.54, 1.807) is 14.1 Å². The molecule has 1 saturated heterocycles. The third-order valence-electron chi connectivity index (χ3n) is 3.79. The molecule has 0 unspecified atom stereocenters. The summed E-state index contributed by atoms with van der Waals surface area (Å²) in [5, 5.41) is 3.20. The molecule has 0 aliphatic carbocycles. The topological polar surface area (TPSA) is 55.9 Å². The predicted molar refractivity (Wildman–Crippen MR) is 83.0 cm³/mol. The summed E-state index contributed by atoms with van der Waals surface area (Å²) in [6.07, 6.45) is 3.31. The van der Waals surface area contributed by atoms with Crippen molar-refractivity contribution in [2.45, 2.75) is 26.2 Å². The summed E-state index contributed by atoms with van der Waals surface area (Å²) in [5.41, 5.74) is 0. The first kappa shape index (κ1) is 17.8. The molecule has 1 N–H and O–H groups in total. The molecule has 0 bridgehead atoms. The van der Waals surface area contributed by atoms with Gasteiger partial charge in [-0.3, -0.25) is 0 Å². The van der Waals surface area contributed by atoms with E-state index in [2.05, 4.69) is 10.2 Å². The van der Waals surface area contributed by atoms with Crippen molar-refractivity contribution in [2.75, 3.05) is 59.9 Å². The van der Waals surface area contributed by atoms with Crippen LogP contribution in [-0.2, 0) is 10.2 Å². The van der Waals surface area contributed by atoms with Crippen LogP contribution in [0.15, 0.2) is 0 Å². The standard InChI is InChI=1S/C13H30N4O2S/c1-4-14-8-7-9-15(2)20(18,19)16(3)12-13-17-10-5-6-11-17/h14H,4-13H2,1-3H3. The molecule has 120 valence electrons. The summed E-state index contributed by atoms with van der Waals surface area (Å²) in [5.74, 6) is 0. The summed E-state index contributed by atoms with van der Waals surface area (Å²) in [6, 6.07) is 0. The van der Waals surface area contributed by atoms with Crippen LogP contribution in [-0.4, -0.2) is 81.8 Å². The van der Waals surface area contributed by atoms with Gasteiger partial charge in [-0.1, -0.05) is 6.92 Å². The summed E-state index contributed by atoms with van der Waals surface area (Å²) >= 11 is 0. The lowest BCUT2D eigenvalue weighted by molar-refractivity contribution is 0.300. The maximum absolute atomic E-state index is 12.3. The van der Waals surface area contributed by atoms with Gasteiger partial charge in [0.05, 0.1) is 0 Å². The van der Waals surface area contributed by atoms with Crippen LogP contribution in [0.3, 0.4) is 0 Å². The Morgan fingerprint density at radius 2 is 1.70 bits per heavy atom. The van der Waals surface area contributed by atoms with Crippen LogP contribution in [0.5, 0.6) is 0 Å². The molecule has 0 radical (unpaired) electrons. The minimum absolute atomic E-state index is 0.559. The fourth-order valence-corrected chi connectivity index (χ4v) is 3.51. The molecule has 0 atom stereocenters. The Morgan fingerprint density at radius 1 is 1.10 bits per heavy atom. The highest BCUT2D eigenvalue weighted by Gasteiger charge is 2.23. The highest BCUT2D eigenvalue weighted by atomic mass is 32.2. The number of hydrogen-bond acceptors (Lipinski definition) is 4. The largest absolute Gasteiger partial charge is 0.317 e. The molecule has 1 aliphatic rings. The van der Waals surface area contributed by atoms with Gasteiger partial charge in [-0.25, -0.2) is 0 Å². The first-order valence-corrected chi connectivity index (χ1v) is 8.99. The van der Waals surface area contributed by atoms with Gasteiger partial charge in [0.1, 0.15) is 0 Å². The van der Waals surface area contributed by atoms with E-state index < -0.39 is 10.2 Å². The van der Waals surface area contributed by atoms with E-state index in [4.69, 9.17) is 0 Å². The Labute approximate surface area is 124 Å². The second-order valence-corrected chi connectivity index (χ2v) is 7.55. The van der Waals surface area contributed by atoms with Crippen molar-refractivity contribution in [3.05, 3.63) is 0 Å². The highest BCUT2D eigenvalue weighted by molar-refractivity contribution is 7.86. The molecule has 20 heavy (non-hydrogen) atoms. The third kappa shape index (κ3) is 5.65. The average Bonchev–Trinajstić information content (AvgIpc) is 2.93. The van der Waals surface area contributed by atoms with Crippen molar-refractivity contribution in [2.24, 2.45) is 0 Å². The lowest BCUT2D eigenvalue weighted by Crippen LogP contribution is -2.43. The van der Waals surface area contributed by atoms with Crippen LogP contribution in [0, 0.1) is 0 Å². The molecule has 0 aromatic carbocycles. The number of likely N-dealkylation sites (tertiary alicyclic amines) is 1. The Bertz CT molecular complexity index is 355. The first-order valence-electron chi connectivity index (χ1n) is 7.59. The van der Waals surface area contributed by atoms with Crippen molar-refractivity contribution in [3.63, 3.8) is 0 Å². The molecule has 0 amide bonds. The molecule has 1 fully saturated rings. The molecular weight excluding hydrogens is 276 g/mol. The van der Waals surface area contributed by atoms with Crippen molar-refractivity contribution in [1.29, 1.82) is 0 Å². The summed E-state index contributed by atoms with van der Waals surface area (Å²) in [6.45, 7) is 8.00. The van der Waals surface area contributed by atoms with E-state index in [9.17, 15) is 8.42 Å². The average molecular weight is 306 g/mol. The smallest absolute Gasteiger partial charge is 0.281 e. The van der Waals surface area contributed by atoms with Gasteiger partial charge in [0.2, 0.25) is 0 Å². The number of rotatable bonds is 10. The van der Waals surface area contributed by atoms with E-state index in [1.165, 1.54) is 21.5 Å². The second-order valence-electron chi connectivity index (χ2n) is 5.41. The van der Waals surface area contributed by atoms with Gasteiger partial charge in [0, 0.05) is 33.7 Å². The molecule has 0 aromatic heterocycles. The minimum atomic E-state index is -3.31. The third-order valence-corrected chi connectivity index (χ3v) is 5.73. The van der Waals surface area contributed by atoms with E-state index in [0.717, 1.165) is 39.1 Å². The van der Waals surface area contributed by atoms with Crippen LogP contribution in [0.25, 0.3) is 0 Å². The van der Waals surface area contributed by atoms with Gasteiger partial charge < -0.3 is 10.2 Å². The SMILES string of the molecule is CCNCCCN(C)S(=O)(=O)N(C)CCN1CCCC1. The zero-order chi connectivity index (χ0) is 15.0. The van der Waals surface area contributed by atoms with Crippen LogP contribution in [0.4, 0.5) is 0 Å². The number of nitrogens with one attached hydrogen (secondary N) is 1. The number of likely N-dealkylation sites (N-methyl/N-ethyl adjacent to an activating group) is 1. The van der Waals surface area contributed by atoms with Gasteiger partial charge in [-0.15, -0.1) is 0 Å². The summed E-state index contributed by atoms with van der Waals surface area (Å²) in [7, 11) is 0.0275. The molecule has 1 rings (SSSR count). The normalized spacial score (nSPS) is 17.4. The quantitative estimate of drug-likeness (QED) is 0.586. The molecule has 1 aliphatic heterocycles. The van der Waals surface area contributed by atoms with Crippen LogP contribution < -0.4 is 5.32 Å². The molecule has 0 saturated carbocycles. The Morgan fingerprint density at radius 3 is 2.30 bits per heavy atom. The van der Waals surface area contributed by atoms with Gasteiger partial charge in [0.25, 0.3) is 10.2 Å². The van der Waals surface area contributed by atoms with Crippen molar-refractivity contribution in [3.8, 4) is 0 Å². The zero-order valence-electron chi connectivity index (χ0n) is 13.1. The minimum Gasteiger partial charge on any atom is -0.317 e. The van der Waals surface area contributed by atoms with E-state index >= 15 is 0 Å². The van der Waals surface area contributed by atoms with Crippen molar-refractivity contribution in [1.82, 2.24) is 18.8 Å². The predicted octanol–water partition coefficient (Wildman–Crippen LogP) is 0.190. The number of hydrogen-bond donors (Lipinski definition) is 1. The molecule has 0 aromatic rings. The maximum Gasteiger partial charge on any atom is 0.281 e. The molecule has 1 heterocycles. The van der Waals surface area contributed by atoms with Crippen LogP contribution in [0.2, 0.25) is 0 Å².